The monoisotopic (exact) mass is 411 g/mol. The van der Waals surface area contributed by atoms with Crippen LogP contribution < -0.4 is 15.4 Å². The van der Waals surface area contributed by atoms with Crippen molar-refractivity contribution in [3.63, 3.8) is 0 Å². The fourth-order valence-corrected chi connectivity index (χ4v) is 3.68. The van der Waals surface area contributed by atoms with Gasteiger partial charge in [-0.05, 0) is 18.2 Å². The molecule has 4 heterocycles. The van der Waals surface area contributed by atoms with Gasteiger partial charge >= 0.3 is 6.03 Å². The Bertz CT molecular complexity index is 1120. The third kappa shape index (κ3) is 3.14. The van der Waals surface area contributed by atoms with Gasteiger partial charge in [0.25, 0.3) is 17.4 Å². The molecule has 2 aliphatic heterocycles. The lowest BCUT2D eigenvalue weighted by Gasteiger charge is -2.32. The first-order chi connectivity index (χ1) is 14.3. The number of carbonyl (C=O) groups excluding carboxylic acids is 3. The molecular weight excluding hydrogens is 388 g/mol. The summed E-state index contributed by atoms with van der Waals surface area (Å²) in [7, 11) is 4.71. The van der Waals surface area contributed by atoms with Crippen LogP contribution in [-0.4, -0.2) is 84.4 Å². The fourth-order valence-electron chi connectivity index (χ4n) is 3.68. The van der Waals surface area contributed by atoms with Gasteiger partial charge in [-0.25, -0.2) is 9.78 Å². The molecule has 0 radical (unpaired) electrons. The SMILES string of the molecule is CN1C(=O)C(=Cc2c(N3CC[NH+](C)CC3)nc3ccccn3c2=O)C(=O)N(C)C1=O. The summed E-state index contributed by atoms with van der Waals surface area (Å²) in [5, 5.41) is 0. The number of urea groups is 1. The Labute approximate surface area is 172 Å². The molecular formula is C20H23N6O4+. The average molecular weight is 411 g/mol. The number of amides is 4. The maximum Gasteiger partial charge on any atom is 0.333 e. The number of carbonyl (C=O) groups is 3. The zero-order valence-electron chi connectivity index (χ0n) is 17.1. The second-order valence-corrected chi connectivity index (χ2v) is 7.60. The largest absolute Gasteiger partial charge is 0.345 e. The van der Waals surface area contributed by atoms with Crippen molar-refractivity contribution in [3.05, 3.63) is 45.9 Å². The molecule has 10 heteroatoms. The molecule has 0 unspecified atom stereocenters. The zero-order valence-corrected chi connectivity index (χ0v) is 17.1. The zero-order chi connectivity index (χ0) is 21.6. The van der Waals surface area contributed by atoms with Crippen LogP contribution in [-0.2, 0) is 9.59 Å². The van der Waals surface area contributed by atoms with Crippen molar-refractivity contribution in [2.24, 2.45) is 0 Å². The van der Waals surface area contributed by atoms with E-state index in [0.717, 1.165) is 22.9 Å². The van der Waals surface area contributed by atoms with E-state index in [1.54, 1.807) is 24.4 Å². The first-order valence-corrected chi connectivity index (χ1v) is 9.69. The highest BCUT2D eigenvalue weighted by Gasteiger charge is 2.38. The molecule has 2 aromatic rings. The van der Waals surface area contributed by atoms with Crippen LogP contribution in [0.15, 0.2) is 34.8 Å². The van der Waals surface area contributed by atoms with Crippen molar-refractivity contribution in [2.75, 3.05) is 52.2 Å². The summed E-state index contributed by atoms with van der Waals surface area (Å²) in [4.78, 5) is 60.4. The summed E-state index contributed by atoms with van der Waals surface area (Å²) in [6.07, 6.45) is 2.87. The number of quaternary nitrogens is 1. The Hall–Kier alpha value is -3.53. The van der Waals surface area contributed by atoms with Crippen LogP contribution in [0.5, 0.6) is 0 Å². The Balaban J connectivity index is 1.92. The van der Waals surface area contributed by atoms with Crippen LogP contribution in [0.25, 0.3) is 11.7 Å². The number of piperazine rings is 1. The van der Waals surface area contributed by atoms with Crippen LogP contribution in [0, 0.1) is 0 Å². The summed E-state index contributed by atoms with van der Waals surface area (Å²) in [6.45, 7) is 3.14. The van der Waals surface area contributed by atoms with Crippen molar-refractivity contribution in [1.29, 1.82) is 0 Å². The van der Waals surface area contributed by atoms with Crippen LogP contribution in [0.3, 0.4) is 0 Å². The van der Waals surface area contributed by atoms with E-state index in [2.05, 4.69) is 12.0 Å². The second-order valence-electron chi connectivity index (χ2n) is 7.60. The molecule has 0 bridgehead atoms. The molecule has 156 valence electrons. The van der Waals surface area contributed by atoms with E-state index in [1.807, 2.05) is 4.90 Å². The van der Waals surface area contributed by atoms with Gasteiger partial charge < -0.3 is 9.80 Å². The first kappa shape index (κ1) is 19.8. The molecule has 4 rings (SSSR count). The van der Waals surface area contributed by atoms with Gasteiger partial charge in [0.15, 0.2) is 0 Å². The van der Waals surface area contributed by atoms with Crippen molar-refractivity contribution < 1.29 is 19.3 Å². The molecule has 0 aromatic carbocycles. The van der Waals surface area contributed by atoms with E-state index < -0.39 is 17.8 Å². The number of aromatic nitrogens is 2. The summed E-state index contributed by atoms with van der Waals surface area (Å²) in [5.74, 6) is -1.04. The smallest absolute Gasteiger partial charge is 0.333 e. The first-order valence-electron chi connectivity index (χ1n) is 9.69. The number of nitrogens with zero attached hydrogens (tertiary/aromatic N) is 5. The molecule has 0 saturated carbocycles. The van der Waals surface area contributed by atoms with E-state index >= 15 is 0 Å². The number of hydrogen-bond acceptors (Lipinski definition) is 6. The topological polar surface area (TPSA) is 99.7 Å². The molecule has 4 amide bonds. The Morgan fingerprint density at radius 2 is 1.63 bits per heavy atom. The predicted molar refractivity (Wildman–Crippen MR) is 109 cm³/mol. The second kappa shape index (κ2) is 7.38. The number of pyridine rings is 1. The number of rotatable bonds is 2. The third-order valence-electron chi connectivity index (χ3n) is 5.60. The van der Waals surface area contributed by atoms with Crippen molar-refractivity contribution in [1.82, 2.24) is 19.2 Å². The number of barbiturate groups is 1. The minimum absolute atomic E-state index is 0.158. The molecule has 2 aliphatic rings. The lowest BCUT2D eigenvalue weighted by Crippen LogP contribution is -3.12. The van der Waals surface area contributed by atoms with Gasteiger partial charge in [0.2, 0.25) is 0 Å². The van der Waals surface area contributed by atoms with Gasteiger partial charge in [-0.2, -0.15) is 0 Å². The van der Waals surface area contributed by atoms with Gasteiger partial charge in [0, 0.05) is 20.3 Å². The molecule has 0 atom stereocenters. The number of likely N-dealkylation sites (N-methyl/N-ethyl adjacent to an activating group) is 3. The Morgan fingerprint density at radius 1 is 1.00 bits per heavy atom. The van der Waals surface area contributed by atoms with Crippen LogP contribution >= 0.6 is 0 Å². The predicted octanol–water partition coefficient (Wildman–Crippen LogP) is -1.54. The highest BCUT2D eigenvalue weighted by atomic mass is 16.2. The van der Waals surface area contributed by atoms with Gasteiger partial charge in [0.1, 0.15) is 17.0 Å². The average Bonchev–Trinajstić information content (AvgIpc) is 2.75. The van der Waals surface area contributed by atoms with Gasteiger partial charge in [-0.15, -0.1) is 0 Å². The van der Waals surface area contributed by atoms with Crippen LogP contribution in [0.4, 0.5) is 10.6 Å². The third-order valence-corrected chi connectivity index (χ3v) is 5.60. The van der Waals surface area contributed by atoms with Crippen molar-refractivity contribution in [3.8, 4) is 0 Å². The molecule has 0 spiro atoms. The normalized spacial score (nSPS) is 18.6. The molecule has 2 fully saturated rings. The molecule has 0 aliphatic carbocycles. The molecule has 30 heavy (non-hydrogen) atoms. The number of nitrogens with one attached hydrogen (secondary N) is 1. The highest BCUT2D eigenvalue weighted by Crippen LogP contribution is 2.22. The number of hydrogen-bond donors (Lipinski definition) is 1. The minimum Gasteiger partial charge on any atom is -0.345 e. The standard InChI is InChI=1S/C20H22N6O4/c1-22-8-10-25(11-9-22)16-13(19(29)26-7-5-4-6-15(26)21-16)12-14-17(27)23(2)20(30)24(3)18(14)28/h4-7,12H,8-11H2,1-3H3/p+1. The molecule has 2 aromatic heterocycles. The lowest BCUT2D eigenvalue weighted by molar-refractivity contribution is -0.880. The van der Waals surface area contributed by atoms with E-state index in [1.165, 1.54) is 29.5 Å². The van der Waals surface area contributed by atoms with Crippen molar-refractivity contribution >= 4 is 35.4 Å². The molecule has 1 N–H and O–H groups in total. The summed E-state index contributed by atoms with van der Waals surface area (Å²) >= 11 is 0. The lowest BCUT2D eigenvalue weighted by atomic mass is 10.1. The highest BCUT2D eigenvalue weighted by molar-refractivity contribution is 6.30. The van der Waals surface area contributed by atoms with E-state index in [0.29, 0.717) is 24.6 Å². The maximum atomic E-state index is 13.3. The summed E-state index contributed by atoms with van der Waals surface area (Å²) in [5.41, 5.74) is 0.0234. The number of fused-ring (bicyclic) bond motifs is 1. The van der Waals surface area contributed by atoms with E-state index in [-0.39, 0.29) is 16.7 Å². The fraction of sp³-hybridized carbons (Fsp3) is 0.350. The van der Waals surface area contributed by atoms with Crippen molar-refractivity contribution in [2.45, 2.75) is 0 Å². The van der Waals surface area contributed by atoms with E-state index in [9.17, 15) is 19.2 Å². The van der Waals surface area contributed by atoms with Gasteiger partial charge in [-0.1, -0.05) is 6.07 Å². The van der Waals surface area contributed by atoms with Gasteiger partial charge in [0.05, 0.1) is 38.8 Å². The Morgan fingerprint density at radius 3 is 2.27 bits per heavy atom. The quantitative estimate of drug-likeness (QED) is 0.475. The molecule has 10 nitrogen and oxygen atoms in total. The molecule has 2 saturated heterocycles. The summed E-state index contributed by atoms with van der Waals surface area (Å²) < 4.78 is 1.38. The minimum atomic E-state index is -0.741. The van der Waals surface area contributed by atoms with E-state index in [4.69, 9.17) is 0 Å². The Kier molecular flexibility index (Phi) is 4.86. The number of anilines is 1. The summed E-state index contributed by atoms with van der Waals surface area (Å²) in [6, 6.07) is 4.53. The van der Waals surface area contributed by atoms with Gasteiger partial charge in [-0.3, -0.25) is 28.6 Å². The number of imide groups is 2. The maximum absolute atomic E-state index is 13.3. The van der Waals surface area contributed by atoms with Crippen LogP contribution in [0.2, 0.25) is 0 Å². The van der Waals surface area contributed by atoms with Crippen LogP contribution in [0.1, 0.15) is 5.56 Å².